The van der Waals surface area contributed by atoms with Gasteiger partial charge in [0, 0.05) is 16.8 Å². The van der Waals surface area contributed by atoms with Crippen LogP contribution in [0.4, 0.5) is 5.69 Å². The normalized spacial score (nSPS) is 9.96. The minimum absolute atomic E-state index is 0.109. The molecule has 28 heavy (non-hydrogen) atoms. The molecule has 0 unspecified atom stereocenters. The molecule has 2 aromatic carbocycles. The minimum Gasteiger partial charge on any atom is -0.489 e. The van der Waals surface area contributed by atoms with Crippen LogP contribution >= 0.6 is 0 Å². The lowest BCUT2D eigenvalue weighted by atomic mass is 10.2. The molecule has 0 aliphatic carbocycles. The number of nitrogens with one attached hydrogen (secondary N) is 2. The van der Waals surface area contributed by atoms with Gasteiger partial charge in [0.25, 0.3) is 5.91 Å². The van der Waals surface area contributed by atoms with Crippen molar-refractivity contribution in [2.24, 2.45) is 0 Å². The first kappa shape index (κ1) is 18.8. The van der Waals surface area contributed by atoms with E-state index in [1.54, 1.807) is 30.3 Å². The zero-order chi connectivity index (χ0) is 19.8. The first-order chi connectivity index (χ1) is 13.7. The number of carbonyl (C=O) groups excluding carboxylic acids is 2. The molecule has 1 aromatic heterocycles. The average molecular weight is 374 g/mol. The second-order valence-corrected chi connectivity index (χ2v) is 5.83. The monoisotopic (exact) mass is 374 g/mol. The van der Waals surface area contributed by atoms with E-state index in [0.29, 0.717) is 22.6 Å². The van der Waals surface area contributed by atoms with Crippen molar-refractivity contribution in [2.45, 2.75) is 6.61 Å². The van der Waals surface area contributed by atoms with Crippen LogP contribution in [0.3, 0.4) is 0 Å². The second kappa shape index (κ2) is 9.10. The van der Waals surface area contributed by atoms with E-state index in [1.807, 2.05) is 30.3 Å². The summed E-state index contributed by atoms with van der Waals surface area (Å²) in [7, 11) is 0. The number of hydrogen-bond donors (Lipinski definition) is 2. The highest BCUT2D eigenvalue weighted by Crippen LogP contribution is 2.16. The Morgan fingerprint density at radius 1 is 1.07 bits per heavy atom. The van der Waals surface area contributed by atoms with Gasteiger partial charge in [0.1, 0.15) is 12.4 Å². The highest BCUT2D eigenvalue weighted by atomic mass is 16.5. The third kappa shape index (κ3) is 5.02. The molecule has 6 heteroatoms. The molecule has 2 N–H and O–H groups in total. The number of hydrogen-bond acceptors (Lipinski definition) is 4. The molecular formula is C22H18N2O4. The molecule has 0 radical (unpaired) electrons. The van der Waals surface area contributed by atoms with Crippen molar-refractivity contribution in [3.63, 3.8) is 0 Å². The summed E-state index contributed by atoms with van der Waals surface area (Å²) < 4.78 is 10.9. The molecule has 140 valence electrons. The Hall–Kier alpha value is -3.98. The number of anilines is 1. The van der Waals surface area contributed by atoms with E-state index in [4.69, 9.17) is 15.6 Å². The molecule has 1 heterocycles. The Kier molecular flexibility index (Phi) is 6.11. The smallest absolute Gasteiger partial charge is 0.287 e. The van der Waals surface area contributed by atoms with Crippen molar-refractivity contribution in [2.75, 3.05) is 11.9 Å². The van der Waals surface area contributed by atoms with Gasteiger partial charge in [-0.25, -0.2) is 0 Å². The van der Waals surface area contributed by atoms with Gasteiger partial charge in [-0.3, -0.25) is 9.59 Å². The quantitative estimate of drug-likeness (QED) is 0.623. The van der Waals surface area contributed by atoms with Gasteiger partial charge in [0.15, 0.2) is 5.76 Å². The SMILES string of the molecule is C#Cc1cccc(NC(=O)CNC(=O)c2occc2COc2ccccc2)c1. The van der Waals surface area contributed by atoms with Crippen LogP contribution in [0.2, 0.25) is 0 Å². The van der Waals surface area contributed by atoms with Gasteiger partial charge < -0.3 is 19.8 Å². The average Bonchev–Trinajstić information content (AvgIpc) is 3.20. The number of furan rings is 1. The summed E-state index contributed by atoms with van der Waals surface area (Å²) in [6, 6.07) is 17.8. The molecule has 0 saturated heterocycles. The van der Waals surface area contributed by atoms with Crippen molar-refractivity contribution < 1.29 is 18.7 Å². The summed E-state index contributed by atoms with van der Waals surface area (Å²) in [4.78, 5) is 24.4. The summed E-state index contributed by atoms with van der Waals surface area (Å²) >= 11 is 0. The maximum atomic E-state index is 12.3. The molecule has 6 nitrogen and oxygen atoms in total. The Morgan fingerprint density at radius 3 is 2.68 bits per heavy atom. The Balaban J connectivity index is 1.53. The molecule has 0 saturated carbocycles. The standard InChI is InChI=1S/C22H18N2O4/c1-2-16-7-6-8-18(13-16)24-20(25)14-23-22(26)21-17(11-12-27-21)15-28-19-9-4-3-5-10-19/h1,3-13H,14-15H2,(H,23,26)(H,24,25). The van der Waals surface area contributed by atoms with Gasteiger partial charge in [0.05, 0.1) is 12.8 Å². The summed E-state index contributed by atoms with van der Waals surface area (Å²) in [6.45, 7) is -0.0346. The topological polar surface area (TPSA) is 80.6 Å². The zero-order valence-electron chi connectivity index (χ0n) is 15.0. The van der Waals surface area contributed by atoms with Crippen LogP contribution in [0, 0.1) is 12.3 Å². The number of ether oxygens (including phenoxy) is 1. The van der Waals surface area contributed by atoms with Crippen LogP contribution in [-0.4, -0.2) is 18.4 Å². The lowest BCUT2D eigenvalue weighted by Crippen LogP contribution is -2.33. The molecule has 3 aromatic rings. The van der Waals surface area contributed by atoms with Gasteiger partial charge in [0.2, 0.25) is 5.91 Å². The first-order valence-corrected chi connectivity index (χ1v) is 8.54. The van der Waals surface area contributed by atoms with E-state index in [1.165, 1.54) is 6.26 Å². The van der Waals surface area contributed by atoms with E-state index >= 15 is 0 Å². The van der Waals surface area contributed by atoms with Crippen LogP contribution in [0.1, 0.15) is 21.7 Å². The molecule has 0 bridgehead atoms. The number of rotatable bonds is 7. The molecule has 0 fully saturated rings. The summed E-state index contributed by atoms with van der Waals surface area (Å²) in [5.41, 5.74) is 1.80. The Morgan fingerprint density at radius 2 is 1.89 bits per heavy atom. The molecule has 2 amide bonds. The highest BCUT2D eigenvalue weighted by Gasteiger charge is 2.17. The largest absolute Gasteiger partial charge is 0.489 e. The third-order valence-corrected chi connectivity index (χ3v) is 3.81. The lowest BCUT2D eigenvalue weighted by molar-refractivity contribution is -0.115. The minimum atomic E-state index is -0.496. The Bertz CT molecular complexity index is 1000. The number of para-hydroxylation sites is 1. The van der Waals surface area contributed by atoms with Crippen molar-refractivity contribution in [3.05, 3.63) is 83.8 Å². The third-order valence-electron chi connectivity index (χ3n) is 3.81. The predicted octanol–water partition coefficient (Wildman–Crippen LogP) is 3.21. The fraction of sp³-hybridized carbons (Fsp3) is 0.0909. The Labute approximate surface area is 162 Å². The van der Waals surface area contributed by atoms with Crippen molar-refractivity contribution in [1.29, 1.82) is 0 Å². The summed E-state index contributed by atoms with van der Waals surface area (Å²) in [5.74, 6) is 2.41. The van der Waals surface area contributed by atoms with Crippen LogP contribution in [-0.2, 0) is 11.4 Å². The van der Waals surface area contributed by atoms with Crippen LogP contribution in [0.5, 0.6) is 5.75 Å². The van der Waals surface area contributed by atoms with Gasteiger partial charge in [-0.1, -0.05) is 30.2 Å². The fourth-order valence-corrected chi connectivity index (χ4v) is 2.46. The maximum absolute atomic E-state index is 12.3. The number of terminal acetylenes is 1. The maximum Gasteiger partial charge on any atom is 0.287 e. The molecule has 0 spiro atoms. The second-order valence-electron chi connectivity index (χ2n) is 5.83. The summed E-state index contributed by atoms with van der Waals surface area (Å²) in [6.07, 6.45) is 6.74. The van der Waals surface area contributed by atoms with Crippen molar-refractivity contribution in [1.82, 2.24) is 5.32 Å². The number of amides is 2. The summed E-state index contributed by atoms with van der Waals surface area (Å²) in [5, 5.41) is 5.21. The molecule has 0 aliphatic heterocycles. The zero-order valence-corrected chi connectivity index (χ0v) is 15.0. The van der Waals surface area contributed by atoms with E-state index in [2.05, 4.69) is 16.6 Å². The van der Waals surface area contributed by atoms with E-state index in [9.17, 15) is 9.59 Å². The molecule has 3 rings (SSSR count). The predicted molar refractivity (Wildman–Crippen MR) is 105 cm³/mol. The number of benzene rings is 2. The van der Waals surface area contributed by atoms with Crippen LogP contribution in [0.15, 0.2) is 71.3 Å². The van der Waals surface area contributed by atoms with E-state index in [-0.39, 0.29) is 24.8 Å². The molecular weight excluding hydrogens is 356 g/mol. The van der Waals surface area contributed by atoms with Gasteiger partial charge in [-0.2, -0.15) is 0 Å². The van der Waals surface area contributed by atoms with Crippen LogP contribution < -0.4 is 15.4 Å². The van der Waals surface area contributed by atoms with Crippen LogP contribution in [0.25, 0.3) is 0 Å². The molecule has 0 atom stereocenters. The van der Waals surface area contributed by atoms with Crippen molar-refractivity contribution in [3.8, 4) is 18.1 Å². The van der Waals surface area contributed by atoms with E-state index in [0.717, 1.165) is 0 Å². The van der Waals surface area contributed by atoms with E-state index < -0.39 is 5.91 Å². The van der Waals surface area contributed by atoms with Gasteiger partial charge in [-0.05, 0) is 36.4 Å². The van der Waals surface area contributed by atoms with Crippen molar-refractivity contribution >= 4 is 17.5 Å². The highest BCUT2D eigenvalue weighted by molar-refractivity contribution is 5.98. The number of carbonyl (C=O) groups is 2. The lowest BCUT2D eigenvalue weighted by Gasteiger charge is -2.08. The first-order valence-electron chi connectivity index (χ1n) is 8.54. The fourth-order valence-electron chi connectivity index (χ4n) is 2.46. The van der Waals surface area contributed by atoms with Gasteiger partial charge in [-0.15, -0.1) is 6.42 Å². The molecule has 0 aliphatic rings. The van der Waals surface area contributed by atoms with Gasteiger partial charge >= 0.3 is 0 Å².